The summed E-state index contributed by atoms with van der Waals surface area (Å²) in [6, 6.07) is 0.505. The molecule has 1 heterocycles. The summed E-state index contributed by atoms with van der Waals surface area (Å²) in [6.45, 7) is 13.6. The molecule has 0 aromatic heterocycles. The Labute approximate surface area is 130 Å². The molecule has 1 aliphatic rings. The van der Waals surface area contributed by atoms with Gasteiger partial charge in [0.05, 0.1) is 6.54 Å². The average Bonchev–Trinajstić information content (AvgIpc) is 2.45. The molecule has 0 bridgehead atoms. The summed E-state index contributed by atoms with van der Waals surface area (Å²) in [7, 11) is 0. The third-order valence-electron chi connectivity index (χ3n) is 4.55. The van der Waals surface area contributed by atoms with Gasteiger partial charge in [-0.2, -0.15) is 0 Å². The lowest BCUT2D eigenvalue weighted by Crippen LogP contribution is -2.55. The molecule has 124 valence electrons. The molecule has 0 aromatic rings. The van der Waals surface area contributed by atoms with E-state index in [0.29, 0.717) is 12.6 Å². The molecule has 0 aliphatic carbocycles. The van der Waals surface area contributed by atoms with Gasteiger partial charge in [0.2, 0.25) is 5.91 Å². The first kappa shape index (κ1) is 18.4. The highest BCUT2D eigenvalue weighted by atomic mass is 16.2. The van der Waals surface area contributed by atoms with Crippen LogP contribution in [0.4, 0.5) is 0 Å². The minimum atomic E-state index is -0.106. The number of hydrogen-bond donors (Lipinski definition) is 2. The van der Waals surface area contributed by atoms with Crippen LogP contribution in [0.2, 0.25) is 0 Å². The molecule has 5 heteroatoms. The zero-order valence-corrected chi connectivity index (χ0v) is 14.3. The largest absolute Gasteiger partial charge is 0.350 e. The van der Waals surface area contributed by atoms with E-state index in [2.05, 4.69) is 42.8 Å². The molecule has 1 amide bonds. The molecule has 1 saturated heterocycles. The Balaban J connectivity index is 2.34. The summed E-state index contributed by atoms with van der Waals surface area (Å²) in [5, 5.41) is 3.10. The molecule has 1 rings (SSSR count). The second-order valence-corrected chi connectivity index (χ2v) is 6.78. The molecule has 5 nitrogen and oxygen atoms in total. The van der Waals surface area contributed by atoms with Gasteiger partial charge in [-0.1, -0.05) is 20.3 Å². The van der Waals surface area contributed by atoms with Crippen LogP contribution in [0.5, 0.6) is 0 Å². The lowest BCUT2D eigenvalue weighted by atomic mass is 10.0. The average molecular weight is 298 g/mol. The van der Waals surface area contributed by atoms with Gasteiger partial charge in [0.25, 0.3) is 0 Å². The van der Waals surface area contributed by atoms with Crippen molar-refractivity contribution in [1.29, 1.82) is 0 Å². The Morgan fingerprint density at radius 3 is 2.33 bits per heavy atom. The SMILES string of the molecule is CCCC(CN)N1CCN(CC(=O)NC(C)(C)CC)CC1. The van der Waals surface area contributed by atoms with E-state index < -0.39 is 0 Å². The van der Waals surface area contributed by atoms with Crippen molar-refractivity contribution in [2.75, 3.05) is 39.3 Å². The van der Waals surface area contributed by atoms with Gasteiger partial charge in [0, 0.05) is 44.3 Å². The molecule has 1 fully saturated rings. The third kappa shape index (κ3) is 6.32. The van der Waals surface area contributed by atoms with E-state index in [1.54, 1.807) is 0 Å². The maximum atomic E-state index is 12.1. The van der Waals surface area contributed by atoms with Gasteiger partial charge in [-0.15, -0.1) is 0 Å². The van der Waals surface area contributed by atoms with Crippen LogP contribution >= 0.6 is 0 Å². The van der Waals surface area contributed by atoms with Gasteiger partial charge in [0.15, 0.2) is 0 Å². The van der Waals surface area contributed by atoms with E-state index in [4.69, 9.17) is 5.73 Å². The summed E-state index contributed by atoms with van der Waals surface area (Å²) in [4.78, 5) is 16.8. The van der Waals surface area contributed by atoms with Crippen molar-refractivity contribution in [3.63, 3.8) is 0 Å². The van der Waals surface area contributed by atoms with E-state index in [-0.39, 0.29) is 11.4 Å². The first-order valence-corrected chi connectivity index (χ1v) is 8.39. The molecule has 0 radical (unpaired) electrons. The fraction of sp³-hybridized carbons (Fsp3) is 0.938. The van der Waals surface area contributed by atoms with Crippen LogP contribution in [0.15, 0.2) is 0 Å². The summed E-state index contributed by atoms with van der Waals surface area (Å²) in [5.41, 5.74) is 5.76. The zero-order chi connectivity index (χ0) is 15.9. The maximum absolute atomic E-state index is 12.1. The standard InChI is InChI=1S/C16H34N4O/c1-5-7-14(12-17)20-10-8-19(9-11-20)13-15(21)18-16(3,4)6-2/h14H,5-13,17H2,1-4H3,(H,18,21). The number of nitrogens with two attached hydrogens (primary N) is 1. The lowest BCUT2D eigenvalue weighted by molar-refractivity contribution is -0.124. The van der Waals surface area contributed by atoms with E-state index in [0.717, 1.165) is 39.1 Å². The van der Waals surface area contributed by atoms with E-state index >= 15 is 0 Å². The van der Waals surface area contributed by atoms with Crippen molar-refractivity contribution in [1.82, 2.24) is 15.1 Å². The summed E-state index contributed by atoms with van der Waals surface area (Å²) >= 11 is 0. The third-order valence-corrected chi connectivity index (χ3v) is 4.55. The molecule has 0 saturated carbocycles. The highest BCUT2D eigenvalue weighted by Crippen LogP contribution is 2.11. The first-order chi connectivity index (χ1) is 9.91. The van der Waals surface area contributed by atoms with Crippen LogP contribution < -0.4 is 11.1 Å². The smallest absolute Gasteiger partial charge is 0.234 e. The number of piperazine rings is 1. The normalized spacial score (nSPS) is 19.5. The van der Waals surface area contributed by atoms with Gasteiger partial charge < -0.3 is 11.1 Å². The fourth-order valence-corrected chi connectivity index (χ4v) is 2.78. The second kappa shape index (κ2) is 8.71. The van der Waals surface area contributed by atoms with E-state index in [1.165, 1.54) is 12.8 Å². The fourth-order valence-electron chi connectivity index (χ4n) is 2.78. The maximum Gasteiger partial charge on any atom is 0.234 e. The second-order valence-electron chi connectivity index (χ2n) is 6.78. The lowest BCUT2D eigenvalue weighted by Gasteiger charge is -2.39. The van der Waals surface area contributed by atoms with Crippen LogP contribution in [0.1, 0.15) is 47.0 Å². The van der Waals surface area contributed by atoms with Gasteiger partial charge in [0.1, 0.15) is 0 Å². The zero-order valence-electron chi connectivity index (χ0n) is 14.3. The molecular weight excluding hydrogens is 264 g/mol. The minimum Gasteiger partial charge on any atom is -0.350 e. The van der Waals surface area contributed by atoms with Crippen molar-refractivity contribution in [2.24, 2.45) is 5.73 Å². The van der Waals surface area contributed by atoms with Crippen molar-refractivity contribution in [3.05, 3.63) is 0 Å². The highest BCUT2D eigenvalue weighted by Gasteiger charge is 2.25. The van der Waals surface area contributed by atoms with Gasteiger partial charge in [-0.05, 0) is 26.7 Å². The number of carbonyl (C=O) groups excluding carboxylic acids is 1. The van der Waals surface area contributed by atoms with Crippen LogP contribution in [-0.4, -0.2) is 66.6 Å². The number of hydrogen-bond acceptors (Lipinski definition) is 4. The molecular formula is C16H34N4O. The van der Waals surface area contributed by atoms with Gasteiger partial charge in [-0.3, -0.25) is 14.6 Å². The molecule has 21 heavy (non-hydrogen) atoms. The van der Waals surface area contributed by atoms with Crippen LogP contribution in [0.3, 0.4) is 0 Å². The molecule has 1 aliphatic heterocycles. The van der Waals surface area contributed by atoms with Crippen LogP contribution in [0.25, 0.3) is 0 Å². The summed E-state index contributed by atoms with van der Waals surface area (Å²) in [5.74, 6) is 0.138. The molecule has 0 aromatic carbocycles. The molecule has 3 N–H and O–H groups in total. The number of nitrogens with one attached hydrogen (secondary N) is 1. The summed E-state index contributed by atoms with van der Waals surface area (Å²) < 4.78 is 0. The Morgan fingerprint density at radius 2 is 1.86 bits per heavy atom. The predicted molar refractivity (Wildman–Crippen MR) is 88.3 cm³/mol. The highest BCUT2D eigenvalue weighted by molar-refractivity contribution is 5.78. The van der Waals surface area contributed by atoms with Crippen molar-refractivity contribution < 1.29 is 4.79 Å². The Bertz CT molecular complexity index is 311. The Morgan fingerprint density at radius 1 is 1.24 bits per heavy atom. The van der Waals surface area contributed by atoms with Crippen molar-refractivity contribution in [3.8, 4) is 0 Å². The number of nitrogens with zero attached hydrogens (tertiary/aromatic N) is 2. The monoisotopic (exact) mass is 298 g/mol. The van der Waals surface area contributed by atoms with Gasteiger partial charge >= 0.3 is 0 Å². The van der Waals surface area contributed by atoms with Crippen molar-refractivity contribution in [2.45, 2.75) is 58.5 Å². The number of carbonyl (C=O) groups is 1. The summed E-state index contributed by atoms with van der Waals surface area (Å²) in [6.07, 6.45) is 3.29. The first-order valence-electron chi connectivity index (χ1n) is 8.39. The topological polar surface area (TPSA) is 61.6 Å². The van der Waals surface area contributed by atoms with Crippen molar-refractivity contribution >= 4 is 5.91 Å². The Kier molecular flexibility index (Phi) is 7.63. The van der Waals surface area contributed by atoms with E-state index in [1.807, 2.05) is 0 Å². The number of amides is 1. The number of rotatable bonds is 8. The van der Waals surface area contributed by atoms with E-state index in [9.17, 15) is 4.79 Å². The predicted octanol–water partition coefficient (Wildman–Crippen LogP) is 1.04. The molecule has 1 unspecified atom stereocenters. The minimum absolute atomic E-state index is 0.106. The van der Waals surface area contributed by atoms with Crippen LogP contribution in [-0.2, 0) is 4.79 Å². The van der Waals surface area contributed by atoms with Gasteiger partial charge in [-0.25, -0.2) is 0 Å². The quantitative estimate of drug-likeness (QED) is 0.703. The Hall–Kier alpha value is -0.650. The molecule has 0 spiro atoms. The van der Waals surface area contributed by atoms with Crippen LogP contribution in [0, 0.1) is 0 Å². The molecule has 1 atom stereocenters.